The Morgan fingerprint density at radius 1 is 1.28 bits per heavy atom. The summed E-state index contributed by atoms with van der Waals surface area (Å²) < 4.78 is 50.0. The smallest absolute Gasteiger partial charge is 0.396 e. The van der Waals surface area contributed by atoms with E-state index in [2.05, 4.69) is 0 Å². The molecule has 0 saturated heterocycles. The number of halogens is 4. The lowest BCUT2D eigenvalue weighted by atomic mass is 9.98. The fourth-order valence-corrected chi connectivity index (χ4v) is 1.95. The molecule has 1 aromatic carbocycles. The molecule has 1 heterocycles. The summed E-state index contributed by atoms with van der Waals surface area (Å²) in [7, 11) is 0. The van der Waals surface area contributed by atoms with Crippen molar-refractivity contribution in [3.05, 3.63) is 29.1 Å². The second kappa shape index (κ2) is 4.15. The molecule has 1 aliphatic heterocycles. The molecular weight excluding hydrogens is 252 g/mol. The van der Waals surface area contributed by atoms with Gasteiger partial charge in [-0.05, 0) is 29.7 Å². The molecule has 0 aromatic heterocycles. The van der Waals surface area contributed by atoms with Crippen molar-refractivity contribution in [1.29, 1.82) is 0 Å². The zero-order valence-corrected chi connectivity index (χ0v) is 9.22. The molecular formula is C11H10F4N2O. The molecule has 18 heavy (non-hydrogen) atoms. The van der Waals surface area contributed by atoms with Gasteiger partial charge in [-0.1, -0.05) is 0 Å². The van der Waals surface area contributed by atoms with Gasteiger partial charge < -0.3 is 10.6 Å². The molecule has 0 unspecified atom stereocenters. The number of anilines is 1. The van der Waals surface area contributed by atoms with Crippen molar-refractivity contribution in [3.63, 3.8) is 0 Å². The lowest BCUT2D eigenvalue weighted by Gasteiger charge is -2.29. The van der Waals surface area contributed by atoms with Crippen LogP contribution < -0.4 is 5.73 Å². The van der Waals surface area contributed by atoms with Crippen molar-refractivity contribution in [3.8, 4) is 0 Å². The highest BCUT2D eigenvalue weighted by Gasteiger charge is 2.43. The third-order valence-electron chi connectivity index (χ3n) is 2.86. The standard InChI is InChI=1S/C11H10F4N2O/c12-8-3-7-5-17(10(18)11(13,14)15)2-1-6(7)4-9(8)16/h3-4H,1-2,5,16H2. The first-order chi connectivity index (χ1) is 8.29. The Hall–Kier alpha value is -1.79. The Morgan fingerprint density at radius 2 is 1.94 bits per heavy atom. The average molecular weight is 262 g/mol. The summed E-state index contributed by atoms with van der Waals surface area (Å²) in [6.45, 7) is -0.290. The molecule has 0 saturated carbocycles. The summed E-state index contributed by atoms with van der Waals surface area (Å²) in [5.41, 5.74) is 6.38. The van der Waals surface area contributed by atoms with Crippen LogP contribution in [0.4, 0.5) is 23.2 Å². The SMILES string of the molecule is Nc1cc2c(cc1F)CN(C(=O)C(F)(F)F)CC2. The Labute approximate surface area is 100 Å². The summed E-state index contributed by atoms with van der Waals surface area (Å²) >= 11 is 0. The van der Waals surface area contributed by atoms with Crippen LogP contribution in [0.15, 0.2) is 12.1 Å². The molecule has 2 rings (SSSR count). The summed E-state index contributed by atoms with van der Waals surface area (Å²) in [6, 6.07) is 2.49. The molecule has 0 spiro atoms. The normalized spacial score (nSPS) is 15.4. The van der Waals surface area contributed by atoms with Crippen molar-refractivity contribution in [2.45, 2.75) is 19.1 Å². The van der Waals surface area contributed by atoms with Crippen molar-refractivity contribution in [1.82, 2.24) is 4.90 Å². The Kier molecular flexibility index (Phi) is 2.92. The quantitative estimate of drug-likeness (QED) is 0.573. The van der Waals surface area contributed by atoms with E-state index in [-0.39, 0.29) is 25.2 Å². The van der Waals surface area contributed by atoms with Crippen LogP contribution in [0.3, 0.4) is 0 Å². The highest BCUT2D eigenvalue weighted by Crippen LogP contribution is 2.27. The molecule has 7 heteroatoms. The molecule has 0 atom stereocenters. The predicted octanol–water partition coefficient (Wildman–Crippen LogP) is 1.85. The number of hydrogen-bond donors (Lipinski definition) is 1. The van der Waals surface area contributed by atoms with E-state index in [1.54, 1.807) is 0 Å². The van der Waals surface area contributed by atoms with Gasteiger partial charge in [0.2, 0.25) is 0 Å². The van der Waals surface area contributed by atoms with E-state index in [1.165, 1.54) is 6.07 Å². The van der Waals surface area contributed by atoms with Crippen LogP contribution in [0.1, 0.15) is 11.1 Å². The maximum absolute atomic E-state index is 13.2. The van der Waals surface area contributed by atoms with Crippen molar-refractivity contribution in [2.24, 2.45) is 0 Å². The summed E-state index contributed by atoms with van der Waals surface area (Å²) in [6.07, 6.45) is -4.66. The van der Waals surface area contributed by atoms with Gasteiger partial charge in [0, 0.05) is 13.1 Å². The minimum Gasteiger partial charge on any atom is -0.396 e. The van der Waals surface area contributed by atoms with Gasteiger partial charge in [0.15, 0.2) is 0 Å². The molecule has 0 fully saturated rings. The number of carbonyl (C=O) groups excluding carboxylic acids is 1. The topological polar surface area (TPSA) is 46.3 Å². The first-order valence-corrected chi connectivity index (χ1v) is 5.22. The predicted molar refractivity (Wildman–Crippen MR) is 56.0 cm³/mol. The molecule has 1 aromatic rings. The number of nitrogens with two attached hydrogens (primary N) is 1. The van der Waals surface area contributed by atoms with Crippen LogP contribution in [0.2, 0.25) is 0 Å². The number of carbonyl (C=O) groups is 1. The number of fused-ring (bicyclic) bond motifs is 1. The highest BCUT2D eigenvalue weighted by atomic mass is 19.4. The van der Waals surface area contributed by atoms with E-state index in [4.69, 9.17) is 5.73 Å². The fraction of sp³-hybridized carbons (Fsp3) is 0.364. The number of nitrogen functional groups attached to an aromatic ring is 1. The average Bonchev–Trinajstić information content (AvgIpc) is 2.28. The summed E-state index contributed by atoms with van der Waals surface area (Å²) in [5, 5.41) is 0. The number of benzene rings is 1. The van der Waals surface area contributed by atoms with Crippen LogP contribution in [-0.2, 0) is 17.8 Å². The third-order valence-corrected chi connectivity index (χ3v) is 2.86. The van der Waals surface area contributed by atoms with Gasteiger partial charge >= 0.3 is 12.1 Å². The zero-order chi connectivity index (χ0) is 13.5. The van der Waals surface area contributed by atoms with Gasteiger partial charge in [0.1, 0.15) is 5.82 Å². The molecule has 0 aliphatic carbocycles. The maximum atomic E-state index is 13.2. The minimum absolute atomic E-state index is 0.0376. The number of hydrogen-bond acceptors (Lipinski definition) is 2. The molecule has 0 radical (unpaired) electrons. The van der Waals surface area contributed by atoms with Crippen LogP contribution in [-0.4, -0.2) is 23.5 Å². The van der Waals surface area contributed by atoms with Gasteiger partial charge in [-0.3, -0.25) is 4.79 Å². The number of nitrogens with zero attached hydrogens (tertiary/aromatic N) is 1. The van der Waals surface area contributed by atoms with Crippen molar-refractivity contribution in [2.75, 3.05) is 12.3 Å². The molecule has 3 nitrogen and oxygen atoms in total. The van der Waals surface area contributed by atoms with Crippen molar-refractivity contribution >= 4 is 11.6 Å². The van der Waals surface area contributed by atoms with Gasteiger partial charge in [0.05, 0.1) is 5.69 Å². The van der Waals surface area contributed by atoms with Crippen LogP contribution in [0.25, 0.3) is 0 Å². The number of rotatable bonds is 0. The van der Waals surface area contributed by atoms with E-state index in [0.29, 0.717) is 16.0 Å². The van der Waals surface area contributed by atoms with Gasteiger partial charge in [-0.25, -0.2) is 4.39 Å². The maximum Gasteiger partial charge on any atom is 0.471 e. The second-order valence-electron chi connectivity index (χ2n) is 4.12. The third kappa shape index (κ3) is 2.25. The van der Waals surface area contributed by atoms with Gasteiger partial charge in [-0.15, -0.1) is 0 Å². The molecule has 1 amide bonds. The van der Waals surface area contributed by atoms with Gasteiger partial charge in [-0.2, -0.15) is 13.2 Å². The highest BCUT2D eigenvalue weighted by molar-refractivity contribution is 5.82. The number of alkyl halides is 3. The van der Waals surface area contributed by atoms with E-state index in [1.807, 2.05) is 0 Å². The molecule has 98 valence electrons. The Morgan fingerprint density at radius 3 is 2.56 bits per heavy atom. The monoisotopic (exact) mass is 262 g/mol. The summed E-state index contributed by atoms with van der Waals surface area (Å²) in [5.74, 6) is -2.58. The van der Waals surface area contributed by atoms with E-state index < -0.39 is 17.9 Å². The van der Waals surface area contributed by atoms with E-state index in [9.17, 15) is 22.4 Å². The minimum atomic E-state index is -4.90. The molecule has 0 bridgehead atoms. The number of amides is 1. The van der Waals surface area contributed by atoms with Crippen molar-refractivity contribution < 1.29 is 22.4 Å². The molecule has 2 N–H and O–H groups in total. The Balaban J connectivity index is 2.25. The first kappa shape index (κ1) is 12.7. The second-order valence-corrected chi connectivity index (χ2v) is 4.12. The van der Waals surface area contributed by atoms with Gasteiger partial charge in [0.25, 0.3) is 0 Å². The summed E-state index contributed by atoms with van der Waals surface area (Å²) in [4.78, 5) is 11.7. The first-order valence-electron chi connectivity index (χ1n) is 5.22. The fourth-order valence-electron chi connectivity index (χ4n) is 1.95. The van der Waals surface area contributed by atoms with Crippen LogP contribution in [0.5, 0.6) is 0 Å². The largest absolute Gasteiger partial charge is 0.471 e. The van der Waals surface area contributed by atoms with E-state index >= 15 is 0 Å². The van der Waals surface area contributed by atoms with Crippen LogP contribution in [0, 0.1) is 5.82 Å². The zero-order valence-electron chi connectivity index (χ0n) is 9.22. The lowest BCUT2D eigenvalue weighted by Crippen LogP contribution is -2.43. The van der Waals surface area contributed by atoms with E-state index in [0.717, 1.165) is 6.07 Å². The lowest BCUT2D eigenvalue weighted by molar-refractivity contribution is -0.186. The Bertz CT molecular complexity index is 499. The molecule has 1 aliphatic rings. The van der Waals surface area contributed by atoms with Crippen LogP contribution >= 0.6 is 0 Å².